The first kappa shape index (κ1) is 13.2. The Morgan fingerprint density at radius 3 is 1.95 bits per heavy atom. The Hall–Kier alpha value is -1.82. The minimum absolute atomic E-state index is 1.35. The quantitative estimate of drug-likeness (QED) is 0.446. The molecule has 0 aliphatic carbocycles. The monoisotopic (exact) mass is 262 g/mol. The molecule has 0 saturated heterocycles. The summed E-state index contributed by atoms with van der Waals surface area (Å²) in [5.41, 5.74) is 8.38. The van der Waals surface area contributed by atoms with Crippen molar-refractivity contribution in [2.75, 3.05) is 0 Å². The molecule has 0 saturated carbocycles. The van der Waals surface area contributed by atoms with Crippen molar-refractivity contribution in [1.29, 1.82) is 0 Å². The number of fused-ring (bicyclic) bond motifs is 2. The maximum Gasteiger partial charge on any atom is -0.0114 e. The van der Waals surface area contributed by atoms with Crippen LogP contribution in [0.15, 0.2) is 24.3 Å². The van der Waals surface area contributed by atoms with Crippen LogP contribution in [0.5, 0.6) is 0 Å². The molecule has 0 radical (unpaired) electrons. The number of benzene rings is 3. The van der Waals surface area contributed by atoms with Gasteiger partial charge in [0.1, 0.15) is 0 Å². The van der Waals surface area contributed by atoms with E-state index in [9.17, 15) is 0 Å². The zero-order chi connectivity index (χ0) is 14.6. The smallest absolute Gasteiger partial charge is 0.0114 e. The maximum atomic E-state index is 2.33. The van der Waals surface area contributed by atoms with Gasteiger partial charge in [-0.15, -0.1) is 0 Å². The van der Waals surface area contributed by atoms with Crippen molar-refractivity contribution in [3.63, 3.8) is 0 Å². The summed E-state index contributed by atoms with van der Waals surface area (Å²) in [6, 6.07) is 9.17. The van der Waals surface area contributed by atoms with Crippen LogP contribution in [0.4, 0.5) is 0 Å². The zero-order valence-electron chi connectivity index (χ0n) is 13.3. The average molecular weight is 262 g/mol. The van der Waals surface area contributed by atoms with Crippen molar-refractivity contribution in [3.05, 3.63) is 57.6 Å². The van der Waals surface area contributed by atoms with E-state index in [1.165, 1.54) is 54.9 Å². The van der Waals surface area contributed by atoms with Crippen LogP contribution in [0, 0.1) is 41.5 Å². The summed E-state index contributed by atoms with van der Waals surface area (Å²) in [5.74, 6) is 0. The zero-order valence-corrected chi connectivity index (χ0v) is 13.3. The van der Waals surface area contributed by atoms with Gasteiger partial charge in [0.05, 0.1) is 0 Å². The van der Waals surface area contributed by atoms with Crippen LogP contribution < -0.4 is 0 Å². The first-order valence-corrected chi connectivity index (χ1v) is 7.32. The highest BCUT2D eigenvalue weighted by molar-refractivity contribution is 6.08. The van der Waals surface area contributed by atoms with E-state index in [1.54, 1.807) is 0 Å². The van der Waals surface area contributed by atoms with Crippen LogP contribution >= 0.6 is 0 Å². The highest BCUT2D eigenvalue weighted by Crippen LogP contribution is 2.36. The summed E-state index contributed by atoms with van der Waals surface area (Å²) in [4.78, 5) is 0. The minimum atomic E-state index is 1.35. The summed E-state index contributed by atoms with van der Waals surface area (Å²) < 4.78 is 0. The van der Waals surface area contributed by atoms with E-state index in [-0.39, 0.29) is 0 Å². The number of hydrogen-bond acceptors (Lipinski definition) is 0. The predicted molar refractivity (Wildman–Crippen MR) is 89.9 cm³/mol. The van der Waals surface area contributed by atoms with Gasteiger partial charge in [-0.3, -0.25) is 0 Å². The van der Waals surface area contributed by atoms with Gasteiger partial charge in [-0.1, -0.05) is 29.8 Å². The molecule has 3 rings (SSSR count). The third kappa shape index (κ3) is 1.67. The highest BCUT2D eigenvalue weighted by atomic mass is 14.2. The second kappa shape index (κ2) is 4.34. The lowest BCUT2D eigenvalue weighted by Gasteiger charge is -2.17. The lowest BCUT2D eigenvalue weighted by molar-refractivity contribution is 1.35. The van der Waals surface area contributed by atoms with Gasteiger partial charge in [-0.05, 0) is 90.9 Å². The van der Waals surface area contributed by atoms with Crippen molar-refractivity contribution in [2.45, 2.75) is 41.5 Å². The second-order valence-electron chi connectivity index (χ2n) is 6.18. The number of rotatable bonds is 0. The van der Waals surface area contributed by atoms with E-state index in [4.69, 9.17) is 0 Å². The fourth-order valence-corrected chi connectivity index (χ4v) is 3.64. The van der Waals surface area contributed by atoms with Crippen molar-refractivity contribution < 1.29 is 0 Å². The molecule has 0 heteroatoms. The normalized spacial score (nSPS) is 11.5. The SMILES string of the molecule is Cc1cc(C)c2c(C)c3c(C)c(C)ccc3c(C)c2c1. The molecule has 102 valence electrons. The van der Waals surface area contributed by atoms with Gasteiger partial charge in [0.2, 0.25) is 0 Å². The van der Waals surface area contributed by atoms with Gasteiger partial charge in [0.25, 0.3) is 0 Å². The van der Waals surface area contributed by atoms with Gasteiger partial charge in [0, 0.05) is 0 Å². The highest BCUT2D eigenvalue weighted by Gasteiger charge is 2.13. The molecule has 0 nitrogen and oxygen atoms in total. The van der Waals surface area contributed by atoms with Crippen molar-refractivity contribution in [3.8, 4) is 0 Å². The standard InChI is InChI=1S/C20H22/c1-11-9-13(3)19-16(6)20-14(4)12(2)7-8-17(20)15(5)18(19)10-11/h7-10H,1-6H3. The summed E-state index contributed by atoms with van der Waals surface area (Å²) in [6.07, 6.45) is 0. The fraction of sp³-hybridized carbons (Fsp3) is 0.300. The van der Waals surface area contributed by atoms with Crippen LogP contribution in [-0.4, -0.2) is 0 Å². The Kier molecular flexibility index (Phi) is 2.86. The van der Waals surface area contributed by atoms with E-state index in [0.29, 0.717) is 0 Å². The van der Waals surface area contributed by atoms with Gasteiger partial charge in [-0.2, -0.15) is 0 Å². The van der Waals surface area contributed by atoms with Gasteiger partial charge >= 0.3 is 0 Å². The topological polar surface area (TPSA) is 0 Å². The molecule has 3 aromatic rings. The van der Waals surface area contributed by atoms with Crippen molar-refractivity contribution in [1.82, 2.24) is 0 Å². The van der Waals surface area contributed by atoms with Gasteiger partial charge < -0.3 is 0 Å². The Balaban J connectivity index is 2.69. The third-order valence-electron chi connectivity index (χ3n) is 4.77. The number of aryl methyl sites for hydroxylation is 6. The Bertz CT molecular complexity index is 851. The first-order valence-electron chi connectivity index (χ1n) is 7.32. The molecule has 0 atom stereocenters. The molecule has 0 N–H and O–H groups in total. The van der Waals surface area contributed by atoms with Crippen LogP contribution in [0.3, 0.4) is 0 Å². The fourth-order valence-electron chi connectivity index (χ4n) is 3.64. The van der Waals surface area contributed by atoms with Crippen LogP contribution in [0.25, 0.3) is 21.5 Å². The van der Waals surface area contributed by atoms with Crippen molar-refractivity contribution >= 4 is 21.5 Å². The number of hydrogen-bond donors (Lipinski definition) is 0. The summed E-state index contributed by atoms with van der Waals surface area (Å²) >= 11 is 0. The molecule has 20 heavy (non-hydrogen) atoms. The molecule has 0 aliphatic heterocycles. The molecule has 0 heterocycles. The second-order valence-corrected chi connectivity index (χ2v) is 6.18. The summed E-state index contributed by atoms with van der Waals surface area (Å²) in [7, 11) is 0. The van der Waals surface area contributed by atoms with Crippen LogP contribution in [0.1, 0.15) is 33.4 Å². The molecule has 0 amide bonds. The largest absolute Gasteiger partial charge is 0.0584 e. The lowest BCUT2D eigenvalue weighted by Crippen LogP contribution is -1.95. The van der Waals surface area contributed by atoms with Crippen LogP contribution in [0.2, 0.25) is 0 Å². The molecular weight excluding hydrogens is 240 g/mol. The lowest BCUT2D eigenvalue weighted by atomic mass is 9.87. The molecule has 0 unspecified atom stereocenters. The predicted octanol–water partition coefficient (Wildman–Crippen LogP) is 5.84. The van der Waals surface area contributed by atoms with Crippen molar-refractivity contribution in [2.24, 2.45) is 0 Å². The molecule has 0 spiro atoms. The molecule has 3 aromatic carbocycles. The van der Waals surface area contributed by atoms with Gasteiger partial charge in [-0.25, -0.2) is 0 Å². The Labute approximate surface area is 121 Å². The van der Waals surface area contributed by atoms with E-state index >= 15 is 0 Å². The third-order valence-corrected chi connectivity index (χ3v) is 4.77. The van der Waals surface area contributed by atoms with Crippen LogP contribution in [-0.2, 0) is 0 Å². The summed E-state index contributed by atoms with van der Waals surface area (Å²) in [6.45, 7) is 13.4. The van der Waals surface area contributed by atoms with E-state index < -0.39 is 0 Å². The Morgan fingerprint density at radius 2 is 1.25 bits per heavy atom. The molecule has 0 aromatic heterocycles. The molecule has 0 fully saturated rings. The summed E-state index contributed by atoms with van der Waals surface area (Å²) in [5, 5.41) is 5.70. The molecule has 0 aliphatic rings. The van der Waals surface area contributed by atoms with E-state index in [1.807, 2.05) is 0 Å². The first-order chi connectivity index (χ1) is 9.41. The average Bonchev–Trinajstić information content (AvgIpc) is 2.38. The van der Waals surface area contributed by atoms with E-state index in [2.05, 4.69) is 65.8 Å². The van der Waals surface area contributed by atoms with E-state index in [0.717, 1.165) is 0 Å². The molecule has 0 bridgehead atoms. The Morgan fingerprint density at radius 1 is 0.550 bits per heavy atom. The minimum Gasteiger partial charge on any atom is -0.0584 e. The molecular formula is C20H22. The van der Waals surface area contributed by atoms with Gasteiger partial charge in [0.15, 0.2) is 0 Å². The maximum absolute atomic E-state index is 2.33.